The third-order valence-electron chi connectivity index (χ3n) is 4.13. The first-order valence-corrected chi connectivity index (χ1v) is 9.86. The number of aromatic nitrogens is 1. The predicted molar refractivity (Wildman–Crippen MR) is 115 cm³/mol. The van der Waals surface area contributed by atoms with E-state index in [1.54, 1.807) is 0 Å². The molecule has 0 unspecified atom stereocenters. The first kappa shape index (κ1) is 18.2. The fourth-order valence-corrected chi connectivity index (χ4v) is 3.79. The van der Waals surface area contributed by atoms with Crippen LogP contribution in [0.4, 0.5) is 0 Å². The summed E-state index contributed by atoms with van der Waals surface area (Å²) in [6, 6.07) is 25.4. The van der Waals surface area contributed by atoms with E-state index in [0.29, 0.717) is 17.2 Å². The molecule has 0 amide bonds. The number of hydrogen-bond acceptors (Lipinski definition) is 4. The number of hydrogen-bond donors (Lipinski definition) is 0. The molecule has 0 spiro atoms. The first-order chi connectivity index (χ1) is 13.7. The lowest BCUT2D eigenvalue weighted by Crippen LogP contribution is -1.95. The van der Waals surface area contributed by atoms with Gasteiger partial charge in [-0.1, -0.05) is 48.0 Å². The molecule has 28 heavy (non-hydrogen) atoms. The Bertz CT molecular complexity index is 1160. The van der Waals surface area contributed by atoms with E-state index >= 15 is 0 Å². The van der Waals surface area contributed by atoms with Crippen molar-refractivity contribution in [1.29, 1.82) is 5.26 Å². The van der Waals surface area contributed by atoms with Crippen molar-refractivity contribution in [2.24, 2.45) is 0 Å². The number of para-hydroxylation sites is 1. The number of thiazole rings is 1. The zero-order chi connectivity index (χ0) is 19.3. The van der Waals surface area contributed by atoms with Crippen molar-refractivity contribution in [2.75, 3.05) is 0 Å². The Kier molecular flexibility index (Phi) is 5.38. The summed E-state index contributed by atoms with van der Waals surface area (Å²) in [5, 5.41) is 11.0. The highest BCUT2D eigenvalue weighted by Gasteiger charge is 2.09. The minimum absolute atomic E-state index is 0.452. The molecule has 5 heteroatoms. The number of benzene rings is 3. The van der Waals surface area contributed by atoms with Crippen LogP contribution in [0.15, 0.2) is 72.8 Å². The van der Waals surface area contributed by atoms with Crippen molar-refractivity contribution in [3.05, 3.63) is 94.0 Å². The molecule has 0 radical (unpaired) electrons. The van der Waals surface area contributed by atoms with Gasteiger partial charge < -0.3 is 4.74 Å². The number of nitrogens with zero attached hydrogens (tertiary/aromatic N) is 2. The Morgan fingerprint density at radius 2 is 1.89 bits per heavy atom. The van der Waals surface area contributed by atoms with Crippen molar-refractivity contribution in [3.8, 4) is 11.8 Å². The van der Waals surface area contributed by atoms with Crippen molar-refractivity contribution in [3.63, 3.8) is 0 Å². The normalized spacial score (nSPS) is 11.4. The third kappa shape index (κ3) is 4.23. The molecule has 4 rings (SSSR count). The lowest BCUT2D eigenvalue weighted by molar-refractivity contribution is 0.306. The summed E-state index contributed by atoms with van der Waals surface area (Å²) in [6.45, 7) is 0.452. The molecule has 4 aromatic rings. The van der Waals surface area contributed by atoms with Crippen LogP contribution in [0.5, 0.6) is 5.75 Å². The van der Waals surface area contributed by atoms with Crippen molar-refractivity contribution in [1.82, 2.24) is 4.98 Å². The van der Waals surface area contributed by atoms with Crippen LogP contribution >= 0.6 is 22.9 Å². The molecule has 0 bridgehead atoms. The second kappa shape index (κ2) is 8.26. The summed E-state index contributed by atoms with van der Waals surface area (Å²) in [6.07, 6.45) is 1.84. The highest BCUT2D eigenvalue weighted by atomic mass is 35.5. The largest absolute Gasteiger partial charge is 0.489 e. The topological polar surface area (TPSA) is 45.9 Å². The number of fused-ring (bicyclic) bond motifs is 1. The van der Waals surface area contributed by atoms with Gasteiger partial charge in [-0.05, 0) is 53.6 Å². The standard InChI is InChI=1S/C23H15ClN2OS/c24-19-10-8-16(9-11-19)15-27-20-5-3-4-17(13-20)12-18(14-25)23-26-21-6-1-2-7-22(21)28-23/h1-13H,15H2/b18-12-. The first-order valence-electron chi connectivity index (χ1n) is 8.66. The molecule has 3 aromatic carbocycles. The van der Waals surface area contributed by atoms with E-state index in [4.69, 9.17) is 16.3 Å². The summed E-state index contributed by atoms with van der Waals surface area (Å²) in [7, 11) is 0. The Labute approximate surface area is 172 Å². The summed E-state index contributed by atoms with van der Waals surface area (Å²) >= 11 is 7.43. The predicted octanol–water partition coefficient (Wildman–Crippen LogP) is 6.59. The van der Waals surface area contributed by atoms with Gasteiger partial charge in [-0.25, -0.2) is 4.98 Å². The third-order valence-corrected chi connectivity index (χ3v) is 5.45. The van der Waals surface area contributed by atoms with Gasteiger partial charge in [0.15, 0.2) is 0 Å². The molecule has 0 saturated heterocycles. The fraction of sp³-hybridized carbons (Fsp3) is 0.0435. The van der Waals surface area contributed by atoms with Crippen LogP contribution < -0.4 is 4.74 Å². The zero-order valence-corrected chi connectivity index (χ0v) is 16.4. The maximum Gasteiger partial charge on any atom is 0.135 e. The van der Waals surface area contributed by atoms with E-state index in [9.17, 15) is 5.26 Å². The monoisotopic (exact) mass is 402 g/mol. The van der Waals surface area contributed by atoms with Crippen molar-refractivity contribution in [2.45, 2.75) is 6.61 Å². The minimum atomic E-state index is 0.452. The maximum absolute atomic E-state index is 9.62. The van der Waals surface area contributed by atoms with E-state index in [0.717, 1.165) is 32.1 Å². The summed E-state index contributed by atoms with van der Waals surface area (Å²) in [5.41, 5.74) is 3.38. The summed E-state index contributed by atoms with van der Waals surface area (Å²) in [5.74, 6) is 0.741. The molecule has 0 aliphatic carbocycles. The average molecular weight is 403 g/mol. The molecule has 1 aromatic heterocycles. The van der Waals surface area contributed by atoms with Crippen LogP contribution in [-0.4, -0.2) is 4.98 Å². The van der Waals surface area contributed by atoms with Gasteiger partial charge in [0.1, 0.15) is 23.4 Å². The average Bonchev–Trinajstić information content (AvgIpc) is 3.16. The summed E-state index contributed by atoms with van der Waals surface area (Å²) in [4.78, 5) is 4.57. The molecule has 0 aliphatic heterocycles. The second-order valence-electron chi connectivity index (χ2n) is 6.14. The molecule has 1 heterocycles. The zero-order valence-electron chi connectivity index (χ0n) is 14.8. The van der Waals surface area contributed by atoms with Gasteiger partial charge in [0, 0.05) is 5.02 Å². The molecular weight excluding hydrogens is 388 g/mol. The quantitative estimate of drug-likeness (QED) is 0.353. The summed E-state index contributed by atoms with van der Waals surface area (Å²) < 4.78 is 6.94. The number of rotatable bonds is 5. The number of allylic oxidation sites excluding steroid dienone is 1. The van der Waals surface area contributed by atoms with Crippen LogP contribution in [0.2, 0.25) is 5.02 Å². The number of nitriles is 1. The lowest BCUT2D eigenvalue weighted by Gasteiger charge is -2.07. The maximum atomic E-state index is 9.62. The molecule has 0 atom stereocenters. The number of ether oxygens (including phenoxy) is 1. The Morgan fingerprint density at radius 1 is 1.07 bits per heavy atom. The van der Waals surface area contributed by atoms with Gasteiger partial charge in [0.2, 0.25) is 0 Å². The van der Waals surface area contributed by atoms with Crippen molar-refractivity contribution < 1.29 is 4.74 Å². The second-order valence-corrected chi connectivity index (χ2v) is 7.61. The molecule has 0 saturated carbocycles. The van der Waals surface area contributed by atoms with Gasteiger partial charge in [-0.15, -0.1) is 11.3 Å². The van der Waals surface area contributed by atoms with Crippen LogP contribution in [0.1, 0.15) is 16.1 Å². The highest BCUT2D eigenvalue weighted by Crippen LogP contribution is 2.28. The van der Waals surface area contributed by atoms with Gasteiger partial charge in [-0.3, -0.25) is 0 Å². The smallest absolute Gasteiger partial charge is 0.135 e. The van der Waals surface area contributed by atoms with Gasteiger partial charge in [-0.2, -0.15) is 5.26 Å². The molecule has 0 fully saturated rings. The van der Waals surface area contributed by atoms with E-state index in [2.05, 4.69) is 11.1 Å². The van der Waals surface area contributed by atoms with Crippen molar-refractivity contribution >= 4 is 44.8 Å². The highest BCUT2D eigenvalue weighted by molar-refractivity contribution is 7.19. The van der Waals surface area contributed by atoms with Gasteiger partial charge in [0.05, 0.1) is 15.8 Å². The fourth-order valence-electron chi connectivity index (χ4n) is 2.74. The van der Waals surface area contributed by atoms with Gasteiger partial charge >= 0.3 is 0 Å². The van der Waals surface area contributed by atoms with E-state index in [1.165, 1.54) is 11.3 Å². The molecular formula is C23H15ClN2OS. The van der Waals surface area contributed by atoms with E-state index < -0.39 is 0 Å². The van der Waals surface area contributed by atoms with E-state index in [1.807, 2.05) is 78.9 Å². The SMILES string of the molecule is N#C/C(=C/c1cccc(OCc2ccc(Cl)cc2)c1)c1nc2ccccc2s1. The van der Waals surface area contributed by atoms with E-state index in [-0.39, 0.29) is 0 Å². The molecule has 0 N–H and O–H groups in total. The Morgan fingerprint density at radius 3 is 2.68 bits per heavy atom. The van der Waals surface area contributed by atoms with Crippen LogP contribution in [-0.2, 0) is 6.61 Å². The van der Waals surface area contributed by atoms with Crippen LogP contribution in [0, 0.1) is 11.3 Å². The van der Waals surface area contributed by atoms with Crippen LogP contribution in [0.3, 0.4) is 0 Å². The molecule has 3 nitrogen and oxygen atoms in total. The Hall–Kier alpha value is -3.13. The van der Waals surface area contributed by atoms with Crippen LogP contribution in [0.25, 0.3) is 21.9 Å². The Balaban J connectivity index is 1.55. The molecule has 0 aliphatic rings. The lowest BCUT2D eigenvalue weighted by atomic mass is 10.1. The molecule has 136 valence electrons. The minimum Gasteiger partial charge on any atom is -0.489 e. The van der Waals surface area contributed by atoms with Gasteiger partial charge in [0.25, 0.3) is 0 Å². The number of halogens is 1.